The van der Waals surface area contributed by atoms with Crippen LogP contribution in [0.2, 0.25) is 5.02 Å². The van der Waals surface area contributed by atoms with Gasteiger partial charge in [-0.15, -0.1) is 11.3 Å². The molecule has 9 heteroatoms. The second kappa shape index (κ2) is 12.5. The zero-order valence-electron chi connectivity index (χ0n) is 21.3. The fraction of sp³-hybridized carbons (Fsp3) is 0.0645. The van der Waals surface area contributed by atoms with E-state index < -0.39 is 11.9 Å². The number of halogens is 1. The molecule has 0 saturated heterocycles. The summed E-state index contributed by atoms with van der Waals surface area (Å²) in [6, 6.07) is 29.9. The minimum atomic E-state index is -0.576. The van der Waals surface area contributed by atoms with Gasteiger partial charge in [-0.2, -0.15) is 5.10 Å². The molecule has 0 unspecified atom stereocenters. The minimum absolute atomic E-state index is 0.194. The molecule has 0 fully saturated rings. The zero-order valence-corrected chi connectivity index (χ0v) is 22.9. The first-order chi connectivity index (χ1) is 19.5. The molecule has 1 amide bonds. The second-order valence-corrected chi connectivity index (χ2v) is 9.94. The van der Waals surface area contributed by atoms with Crippen LogP contribution in [-0.4, -0.2) is 31.8 Å². The third kappa shape index (κ3) is 6.31. The summed E-state index contributed by atoms with van der Waals surface area (Å²) in [7, 11) is 1.46. The number of rotatable bonds is 9. The van der Waals surface area contributed by atoms with Crippen molar-refractivity contribution in [2.75, 3.05) is 13.7 Å². The van der Waals surface area contributed by atoms with Gasteiger partial charge in [0.2, 0.25) is 0 Å². The number of hydrogen-bond donors (Lipinski definition) is 1. The quantitative estimate of drug-likeness (QED) is 0.0894. The molecule has 7 nitrogen and oxygen atoms in total. The number of nitrogens with zero attached hydrogens (tertiary/aromatic N) is 1. The number of benzene rings is 4. The molecule has 0 atom stereocenters. The summed E-state index contributed by atoms with van der Waals surface area (Å²) in [5.41, 5.74) is 5.21. The van der Waals surface area contributed by atoms with Crippen molar-refractivity contribution in [3.63, 3.8) is 0 Å². The van der Waals surface area contributed by atoms with Gasteiger partial charge in [-0.1, -0.05) is 72.3 Å². The largest absolute Gasteiger partial charge is 0.493 e. The Morgan fingerprint density at radius 2 is 1.62 bits per heavy atom. The van der Waals surface area contributed by atoms with Gasteiger partial charge in [-0.05, 0) is 53.1 Å². The van der Waals surface area contributed by atoms with E-state index in [1.807, 2.05) is 78.9 Å². The molecule has 0 aliphatic rings. The molecule has 1 heterocycles. The van der Waals surface area contributed by atoms with Gasteiger partial charge in [-0.3, -0.25) is 4.79 Å². The van der Waals surface area contributed by atoms with E-state index in [-0.39, 0.29) is 12.4 Å². The average Bonchev–Trinajstić information content (AvgIpc) is 3.34. The summed E-state index contributed by atoms with van der Waals surface area (Å²) in [5.74, 6) is 0.136. The van der Waals surface area contributed by atoms with Crippen LogP contribution < -0.4 is 19.6 Å². The number of esters is 1. The van der Waals surface area contributed by atoms with Crippen molar-refractivity contribution in [3.05, 3.63) is 113 Å². The van der Waals surface area contributed by atoms with Crippen LogP contribution in [0, 0.1) is 0 Å². The number of methoxy groups -OCH3 is 1. The van der Waals surface area contributed by atoms with Crippen molar-refractivity contribution in [1.82, 2.24) is 5.43 Å². The first kappa shape index (κ1) is 26.9. The van der Waals surface area contributed by atoms with Crippen molar-refractivity contribution in [2.45, 2.75) is 0 Å². The number of hydrogen-bond acceptors (Lipinski definition) is 7. The molecule has 0 bridgehead atoms. The highest BCUT2D eigenvalue weighted by Gasteiger charge is 2.20. The van der Waals surface area contributed by atoms with Gasteiger partial charge in [0, 0.05) is 10.1 Å². The summed E-state index contributed by atoms with van der Waals surface area (Å²) >= 11 is 7.67. The Labute approximate surface area is 239 Å². The highest BCUT2D eigenvalue weighted by molar-refractivity contribution is 7.21. The molecule has 4 aromatic carbocycles. The molecule has 0 aliphatic carbocycles. The molecule has 0 saturated carbocycles. The molecule has 0 spiro atoms. The lowest BCUT2D eigenvalue weighted by atomic mass is 10.1. The highest BCUT2D eigenvalue weighted by atomic mass is 35.5. The number of ether oxygens (including phenoxy) is 3. The SMILES string of the molecule is COc1cc(/C=N\NC(=O)COc2ccc(-c3ccccc3)cc2)ccc1OC(=O)c1sc2ccccc2c1Cl. The van der Waals surface area contributed by atoms with E-state index in [0.29, 0.717) is 27.0 Å². The van der Waals surface area contributed by atoms with Gasteiger partial charge in [0.05, 0.1) is 18.3 Å². The maximum absolute atomic E-state index is 12.8. The molecule has 0 aliphatic heterocycles. The highest BCUT2D eigenvalue weighted by Crippen LogP contribution is 2.37. The summed E-state index contributed by atoms with van der Waals surface area (Å²) in [5, 5.41) is 5.13. The van der Waals surface area contributed by atoms with Crippen molar-refractivity contribution >= 4 is 51.1 Å². The first-order valence-corrected chi connectivity index (χ1v) is 13.4. The van der Waals surface area contributed by atoms with Crippen LogP contribution in [0.5, 0.6) is 17.2 Å². The molecular weight excluding hydrogens is 548 g/mol. The fourth-order valence-corrected chi connectivity index (χ4v) is 5.26. The number of nitrogens with one attached hydrogen (secondary N) is 1. The normalized spacial score (nSPS) is 10.9. The van der Waals surface area contributed by atoms with Gasteiger partial charge in [0.25, 0.3) is 5.91 Å². The van der Waals surface area contributed by atoms with E-state index in [1.165, 1.54) is 24.7 Å². The smallest absolute Gasteiger partial charge is 0.355 e. The van der Waals surface area contributed by atoms with Crippen molar-refractivity contribution < 1.29 is 23.8 Å². The van der Waals surface area contributed by atoms with E-state index in [0.717, 1.165) is 21.2 Å². The third-order valence-corrected chi connectivity index (χ3v) is 7.50. The summed E-state index contributed by atoms with van der Waals surface area (Å²) in [4.78, 5) is 25.3. The lowest BCUT2D eigenvalue weighted by Gasteiger charge is -2.09. The molecule has 5 aromatic rings. The first-order valence-electron chi connectivity index (χ1n) is 12.2. The summed E-state index contributed by atoms with van der Waals surface area (Å²) < 4.78 is 17.4. The topological polar surface area (TPSA) is 86.2 Å². The summed E-state index contributed by atoms with van der Waals surface area (Å²) in [6.45, 7) is -0.194. The number of amides is 1. The monoisotopic (exact) mass is 570 g/mol. The number of carbonyl (C=O) groups excluding carboxylic acids is 2. The predicted molar refractivity (Wildman–Crippen MR) is 158 cm³/mol. The van der Waals surface area contributed by atoms with Crippen molar-refractivity contribution in [1.29, 1.82) is 0 Å². The molecule has 200 valence electrons. The Balaban J connectivity index is 1.15. The third-order valence-electron chi connectivity index (χ3n) is 5.84. The number of fused-ring (bicyclic) bond motifs is 1. The van der Waals surface area contributed by atoms with E-state index in [2.05, 4.69) is 10.5 Å². The van der Waals surface area contributed by atoms with Crippen LogP contribution >= 0.6 is 22.9 Å². The minimum Gasteiger partial charge on any atom is -0.493 e. The molecular formula is C31H23ClN2O5S. The lowest BCUT2D eigenvalue weighted by Crippen LogP contribution is -2.24. The molecule has 1 aromatic heterocycles. The van der Waals surface area contributed by atoms with E-state index in [1.54, 1.807) is 18.2 Å². The summed E-state index contributed by atoms with van der Waals surface area (Å²) in [6.07, 6.45) is 1.45. The van der Waals surface area contributed by atoms with Gasteiger partial charge in [-0.25, -0.2) is 10.2 Å². The Morgan fingerprint density at radius 3 is 2.38 bits per heavy atom. The lowest BCUT2D eigenvalue weighted by molar-refractivity contribution is -0.123. The van der Waals surface area contributed by atoms with Gasteiger partial charge in [0.15, 0.2) is 18.1 Å². The van der Waals surface area contributed by atoms with Crippen LogP contribution in [0.1, 0.15) is 15.2 Å². The van der Waals surface area contributed by atoms with Crippen LogP contribution in [0.3, 0.4) is 0 Å². The van der Waals surface area contributed by atoms with Crippen molar-refractivity contribution in [2.24, 2.45) is 5.10 Å². The van der Waals surface area contributed by atoms with Crippen LogP contribution in [0.15, 0.2) is 102 Å². The molecule has 5 rings (SSSR count). The number of carbonyl (C=O) groups is 2. The Kier molecular flexibility index (Phi) is 8.39. The predicted octanol–water partition coefficient (Wildman–Crippen LogP) is 6.98. The second-order valence-electron chi connectivity index (χ2n) is 8.51. The van der Waals surface area contributed by atoms with Gasteiger partial charge in [0.1, 0.15) is 10.6 Å². The number of hydrazone groups is 1. The fourth-order valence-electron chi connectivity index (χ4n) is 3.87. The molecule has 1 N–H and O–H groups in total. The van der Waals surface area contributed by atoms with Crippen molar-refractivity contribution in [3.8, 4) is 28.4 Å². The van der Waals surface area contributed by atoms with Crippen LogP contribution in [0.25, 0.3) is 21.2 Å². The standard InChI is InChI=1S/C31H23ClN2O5S/c1-37-26-17-20(11-16-25(26)39-31(36)30-29(32)24-9-5-6-10-27(24)40-30)18-33-34-28(35)19-38-23-14-12-22(13-15-23)21-7-3-2-4-8-21/h2-18H,19H2,1H3,(H,34,35)/b33-18-. The Morgan fingerprint density at radius 1 is 0.900 bits per heavy atom. The Bertz CT molecular complexity index is 1680. The zero-order chi connectivity index (χ0) is 27.9. The van der Waals surface area contributed by atoms with Crippen LogP contribution in [0.4, 0.5) is 0 Å². The van der Waals surface area contributed by atoms with E-state index in [9.17, 15) is 9.59 Å². The van der Waals surface area contributed by atoms with E-state index >= 15 is 0 Å². The maximum Gasteiger partial charge on any atom is 0.355 e. The van der Waals surface area contributed by atoms with Gasteiger partial charge < -0.3 is 14.2 Å². The molecule has 40 heavy (non-hydrogen) atoms. The molecule has 0 radical (unpaired) electrons. The average molecular weight is 571 g/mol. The maximum atomic E-state index is 12.8. The van der Waals surface area contributed by atoms with Crippen LogP contribution in [-0.2, 0) is 4.79 Å². The number of thiophene rings is 1. The Hall–Kier alpha value is -4.66. The van der Waals surface area contributed by atoms with Gasteiger partial charge >= 0.3 is 5.97 Å². The van der Waals surface area contributed by atoms with E-state index in [4.69, 9.17) is 25.8 Å².